The summed E-state index contributed by atoms with van der Waals surface area (Å²) in [4.78, 5) is 11.2. The highest BCUT2D eigenvalue weighted by Gasteiger charge is 2.49. The lowest BCUT2D eigenvalue weighted by atomic mass is 9.94. The summed E-state index contributed by atoms with van der Waals surface area (Å²) >= 11 is 0. The smallest absolute Gasteiger partial charge is 0.309 e. The van der Waals surface area contributed by atoms with Crippen molar-refractivity contribution < 1.29 is 15.0 Å². The standard InChI is InChI=1S/C24H36O3/c1-23(14-15-23)12-6-2-4-8-19-10-11-21(25)18-20(19)9-5-3-7-13-24(16-17-24)22(26)27/h10-11,18,25H,2-9,12-17H2,1H3,(H,26,27). The highest BCUT2D eigenvalue weighted by Crippen LogP contribution is 2.50. The molecule has 1 aromatic rings. The first-order chi connectivity index (χ1) is 12.9. The van der Waals surface area contributed by atoms with Crippen LogP contribution >= 0.6 is 0 Å². The molecule has 0 radical (unpaired) electrons. The van der Waals surface area contributed by atoms with Gasteiger partial charge in [-0.1, -0.05) is 38.7 Å². The summed E-state index contributed by atoms with van der Waals surface area (Å²) in [7, 11) is 0. The van der Waals surface area contributed by atoms with E-state index in [1.165, 1.54) is 49.7 Å². The topological polar surface area (TPSA) is 57.5 Å². The van der Waals surface area contributed by atoms with Gasteiger partial charge in [0.2, 0.25) is 0 Å². The first-order valence-electron chi connectivity index (χ1n) is 11.0. The molecule has 2 aliphatic carbocycles. The molecule has 1 aromatic carbocycles. The first-order valence-corrected chi connectivity index (χ1v) is 11.0. The number of hydrogen-bond acceptors (Lipinski definition) is 2. The van der Waals surface area contributed by atoms with Crippen LogP contribution in [0.25, 0.3) is 0 Å². The van der Waals surface area contributed by atoms with Gasteiger partial charge in [-0.2, -0.15) is 0 Å². The second-order valence-corrected chi connectivity index (χ2v) is 9.47. The van der Waals surface area contributed by atoms with E-state index in [1.807, 2.05) is 12.1 Å². The third-order valence-corrected chi connectivity index (χ3v) is 6.93. The zero-order valence-corrected chi connectivity index (χ0v) is 16.9. The third-order valence-electron chi connectivity index (χ3n) is 6.93. The molecular formula is C24H36O3. The molecule has 0 heterocycles. The third kappa shape index (κ3) is 5.99. The summed E-state index contributed by atoms with van der Waals surface area (Å²) in [5.41, 5.74) is 2.95. The van der Waals surface area contributed by atoms with Crippen LogP contribution in [0.3, 0.4) is 0 Å². The Morgan fingerprint density at radius 3 is 2.11 bits per heavy atom. The Labute approximate surface area is 164 Å². The monoisotopic (exact) mass is 372 g/mol. The fraction of sp³-hybridized carbons (Fsp3) is 0.708. The highest BCUT2D eigenvalue weighted by molar-refractivity contribution is 5.77. The fourth-order valence-electron chi connectivity index (χ4n) is 4.27. The molecule has 2 N–H and O–H groups in total. The van der Waals surface area contributed by atoms with Crippen molar-refractivity contribution in [1.29, 1.82) is 0 Å². The van der Waals surface area contributed by atoms with Crippen molar-refractivity contribution in [3.8, 4) is 5.75 Å². The highest BCUT2D eigenvalue weighted by atomic mass is 16.4. The second kappa shape index (κ2) is 8.67. The second-order valence-electron chi connectivity index (χ2n) is 9.47. The van der Waals surface area contributed by atoms with E-state index < -0.39 is 5.97 Å². The van der Waals surface area contributed by atoms with Gasteiger partial charge in [0, 0.05) is 0 Å². The Morgan fingerprint density at radius 2 is 1.52 bits per heavy atom. The quantitative estimate of drug-likeness (QED) is 0.402. The van der Waals surface area contributed by atoms with E-state index in [0.29, 0.717) is 11.2 Å². The maximum atomic E-state index is 11.2. The molecule has 0 atom stereocenters. The summed E-state index contributed by atoms with van der Waals surface area (Å²) in [6, 6.07) is 5.84. The molecule has 0 unspecified atom stereocenters. The van der Waals surface area contributed by atoms with Gasteiger partial charge >= 0.3 is 5.97 Å². The van der Waals surface area contributed by atoms with Crippen molar-refractivity contribution in [2.45, 2.75) is 96.8 Å². The summed E-state index contributed by atoms with van der Waals surface area (Å²) in [5.74, 6) is -0.244. The summed E-state index contributed by atoms with van der Waals surface area (Å²) in [5, 5.41) is 19.1. The maximum Gasteiger partial charge on any atom is 0.309 e. The normalized spacial score (nSPS) is 19.0. The first kappa shape index (κ1) is 20.2. The number of carbonyl (C=O) groups is 1. The van der Waals surface area contributed by atoms with E-state index in [4.69, 9.17) is 0 Å². The Balaban J connectivity index is 1.37. The zero-order valence-electron chi connectivity index (χ0n) is 16.9. The molecule has 3 nitrogen and oxygen atoms in total. The molecule has 2 saturated carbocycles. The number of hydrogen-bond donors (Lipinski definition) is 2. The number of aromatic hydroxyl groups is 1. The SMILES string of the molecule is CC1(CCCCCc2ccc(O)cc2CCCCCC2(C(=O)O)CC2)CC1. The van der Waals surface area contributed by atoms with Crippen molar-refractivity contribution in [1.82, 2.24) is 0 Å². The summed E-state index contributed by atoms with van der Waals surface area (Å²) < 4.78 is 0. The molecule has 0 aliphatic heterocycles. The van der Waals surface area contributed by atoms with Gasteiger partial charge in [0.05, 0.1) is 5.41 Å². The Bertz CT molecular complexity index is 641. The van der Waals surface area contributed by atoms with Gasteiger partial charge in [0.1, 0.15) is 5.75 Å². The fourth-order valence-corrected chi connectivity index (χ4v) is 4.27. The summed E-state index contributed by atoms with van der Waals surface area (Å²) in [6.45, 7) is 2.41. The van der Waals surface area contributed by atoms with E-state index in [9.17, 15) is 15.0 Å². The Morgan fingerprint density at radius 1 is 0.889 bits per heavy atom. The van der Waals surface area contributed by atoms with Crippen LogP contribution in [-0.2, 0) is 17.6 Å². The number of carboxylic acids is 1. The molecule has 0 saturated heterocycles. The summed E-state index contributed by atoms with van der Waals surface area (Å²) in [6.07, 6.45) is 15.9. The lowest BCUT2D eigenvalue weighted by Gasteiger charge is -2.12. The lowest BCUT2D eigenvalue weighted by Crippen LogP contribution is -2.14. The van der Waals surface area contributed by atoms with Crippen LogP contribution in [0.4, 0.5) is 0 Å². The molecule has 0 spiro atoms. The van der Waals surface area contributed by atoms with Crippen molar-refractivity contribution >= 4 is 5.97 Å². The number of aryl methyl sites for hydroxylation is 2. The molecule has 150 valence electrons. The van der Waals surface area contributed by atoms with Gasteiger partial charge in [-0.3, -0.25) is 4.79 Å². The molecular weight excluding hydrogens is 336 g/mol. The predicted octanol–water partition coefficient (Wildman–Crippen LogP) is 6.26. The molecule has 0 bridgehead atoms. The lowest BCUT2D eigenvalue weighted by molar-refractivity contribution is -0.143. The van der Waals surface area contributed by atoms with Gasteiger partial charge < -0.3 is 10.2 Å². The van der Waals surface area contributed by atoms with Crippen LogP contribution in [-0.4, -0.2) is 16.2 Å². The van der Waals surface area contributed by atoms with Crippen molar-refractivity contribution in [2.75, 3.05) is 0 Å². The van der Waals surface area contributed by atoms with E-state index in [1.54, 1.807) is 0 Å². The largest absolute Gasteiger partial charge is 0.508 e. The number of unbranched alkanes of at least 4 members (excludes halogenated alkanes) is 4. The number of rotatable bonds is 13. The number of benzene rings is 1. The van der Waals surface area contributed by atoms with Gasteiger partial charge in [0.15, 0.2) is 0 Å². The number of carboxylic acid groups (broad SMARTS) is 1. The van der Waals surface area contributed by atoms with Gasteiger partial charge in [0.25, 0.3) is 0 Å². The van der Waals surface area contributed by atoms with Gasteiger partial charge in [-0.25, -0.2) is 0 Å². The van der Waals surface area contributed by atoms with Crippen LogP contribution < -0.4 is 0 Å². The van der Waals surface area contributed by atoms with E-state index in [2.05, 4.69) is 13.0 Å². The molecule has 0 aromatic heterocycles. The number of phenolic OH excluding ortho intramolecular Hbond substituents is 1. The molecule has 27 heavy (non-hydrogen) atoms. The van der Waals surface area contributed by atoms with E-state index >= 15 is 0 Å². The molecule has 3 heteroatoms. The van der Waals surface area contributed by atoms with Crippen LogP contribution in [0.15, 0.2) is 18.2 Å². The Hall–Kier alpha value is -1.51. The minimum absolute atomic E-state index is 0.359. The van der Waals surface area contributed by atoms with Crippen LogP contribution in [0.2, 0.25) is 0 Å². The maximum absolute atomic E-state index is 11.2. The average molecular weight is 373 g/mol. The van der Waals surface area contributed by atoms with E-state index in [-0.39, 0.29) is 5.41 Å². The van der Waals surface area contributed by atoms with Crippen molar-refractivity contribution in [2.24, 2.45) is 10.8 Å². The Kier molecular flexibility index (Phi) is 6.49. The molecule has 3 rings (SSSR count). The van der Waals surface area contributed by atoms with Crippen molar-refractivity contribution in [3.05, 3.63) is 29.3 Å². The van der Waals surface area contributed by atoms with Crippen LogP contribution in [0.1, 0.15) is 95.1 Å². The number of phenols is 1. The average Bonchev–Trinajstić information content (AvgIpc) is 3.54. The molecule has 0 amide bonds. The van der Waals surface area contributed by atoms with Gasteiger partial charge in [-0.05, 0) is 92.9 Å². The van der Waals surface area contributed by atoms with Crippen LogP contribution in [0.5, 0.6) is 5.75 Å². The predicted molar refractivity (Wildman–Crippen MR) is 109 cm³/mol. The zero-order chi connectivity index (χ0) is 19.3. The van der Waals surface area contributed by atoms with E-state index in [0.717, 1.165) is 51.4 Å². The number of aliphatic carboxylic acids is 1. The minimum atomic E-state index is -0.603. The molecule has 2 aliphatic rings. The van der Waals surface area contributed by atoms with Crippen molar-refractivity contribution in [3.63, 3.8) is 0 Å². The minimum Gasteiger partial charge on any atom is -0.508 e. The van der Waals surface area contributed by atoms with Crippen LogP contribution in [0, 0.1) is 10.8 Å². The van der Waals surface area contributed by atoms with Gasteiger partial charge in [-0.15, -0.1) is 0 Å². The molecule has 2 fully saturated rings.